The molecule has 1 aliphatic rings. The Balaban J connectivity index is 2.47. The first kappa shape index (κ1) is 10.8. The van der Waals surface area contributed by atoms with Gasteiger partial charge in [0.2, 0.25) is 5.91 Å². The summed E-state index contributed by atoms with van der Waals surface area (Å²) in [4.78, 5) is 13.7. The van der Waals surface area contributed by atoms with Crippen molar-refractivity contribution < 1.29 is 4.79 Å². The van der Waals surface area contributed by atoms with Gasteiger partial charge in [0, 0.05) is 24.4 Å². The SMILES string of the molecule is CC(C)N(CCCl)C(=O)C1CCC1. The predicted octanol–water partition coefficient (Wildman–Crippen LogP) is 2.26. The van der Waals surface area contributed by atoms with Crippen molar-refractivity contribution >= 4 is 17.5 Å². The molecule has 0 aromatic heterocycles. The molecule has 0 aromatic rings. The third-order valence-corrected chi connectivity index (χ3v) is 2.86. The molecule has 0 spiro atoms. The Labute approximate surface area is 85.2 Å². The van der Waals surface area contributed by atoms with Gasteiger partial charge in [0.05, 0.1) is 0 Å². The van der Waals surface area contributed by atoms with Gasteiger partial charge in [-0.3, -0.25) is 4.79 Å². The number of carbonyl (C=O) groups is 1. The summed E-state index contributed by atoms with van der Waals surface area (Å²) in [6.45, 7) is 4.78. The molecule has 1 fully saturated rings. The van der Waals surface area contributed by atoms with Crippen LogP contribution in [0.25, 0.3) is 0 Å². The minimum absolute atomic E-state index is 0.284. The average Bonchev–Trinajstić information content (AvgIpc) is 1.95. The highest BCUT2D eigenvalue weighted by Gasteiger charge is 2.30. The summed E-state index contributed by atoms with van der Waals surface area (Å²) in [7, 11) is 0. The maximum Gasteiger partial charge on any atom is 0.225 e. The molecule has 0 radical (unpaired) electrons. The van der Waals surface area contributed by atoms with Crippen molar-refractivity contribution in [2.45, 2.75) is 39.2 Å². The van der Waals surface area contributed by atoms with Crippen LogP contribution < -0.4 is 0 Å². The second-order valence-electron chi connectivity index (χ2n) is 3.94. The summed E-state index contributed by atoms with van der Waals surface area (Å²) in [6, 6.07) is 0.284. The van der Waals surface area contributed by atoms with E-state index in [0.717, 1.165) is 12.8 Å². The molecule has 3 heteroatoms. The van der Waals surface area contributed by atoms with Crippen LogP contribution in [0.1, 0.15) is 33.1 Å². The van der Waals surface area contributed by atoms with Crippen molar-refractivity contribution in [2.24, 2.45) is 5.92 Å². The first-order valence-corrected chi connectivity index (χ1v) is 5.56. The lowest BCUT2D eigenvalue weighted by Crippen LogP contribution is -2.43. The number of amides is 1. The van der Waals surface area contributed by atoms with Gasteiger partial charge in [-0.15, -0.1) is 11.6 Å². The Morgan fingerprint density at radius 2 is 2.15 bits per heavy atom. The maximum absolute atomic E-state index is 11.8. The van der Waals surface area contributed by atoms with Gasteiger partial charge >= 0.3 is 0 Å². The summed E-state index contributed by atoms with van der Waals surface area (Å²) < 4.78 is 0. The highest BCUT2D eigenvalue weighted by Crippen LogP contribution is 2.28. The largest absolute Gasteiger partial charge is 0.339 e. The number of halogens is 1. The van der Waals surface area contributed by atoms with E-state index < -0.39 is 0 Å². The van der Waals surface area contributed by atoms with E-state index in [1.165, 1.54) is 6.42 Å². The van der Waals surface area contributed by atoms with Crippen LogP contribution in [0.15, 0.2) is 0 Å². The molecule has 13 heavy (non-hydrogen) atoms. The fourth-order valence-electron chi connectivity index (χ4n) is 1.60. The van der Waals surface area contributed by atoms with Crippen molar-refractivity contribution in [1.82, 2.24) is 4.90 Å². The summed E-state index contributed by atoms with van der Waals surface area (Å²) in [5, 5.41) is 0. The second-order valence-corrected chi connectivity index (χ2v) is 4.32. The van der Waals surface area contributed by atoms with Crippen LogP contribution in [0.4, 0.5) is 0 Å². The zero-order valence-corrected chi connectivity index (χ0v) is 9.18. The summed E-state index contributed by atoms with van der Waals surface area (Å²) in [5.74, 6) is 1.14. The summed E-state index contributed by atoms with van der Waals surface area (Å²) in [6.07, 6.45) is 3.36. The van der Waals surface area contributed by atoms with E-state index >= 15 is 0 Å². The van der Waals surface area contributed by atoms with Crippen LogP contribution in [-0.4, -0.2) is 29.3 Å². The van der Waals surface area contributed by atoms with Crippen LogP contribution in [-0.2, 0) is 4.79 Å². The highest BCUT2D eigenvalue weighted by atomic mass is 35.5. The minimum atomic E-state index is 0.284. The molecule has 2 nitrogen and oxygen atoms in total. The number of alkyl halides is 1. The van der Waals surface area contributed by atoms with Gasteiger partial charge in [-0.1, -0.05) is 6.42 Å². The zero-order chi connectivity index (χ0) is 9.84. The lowest BCUT2D eigenvalue weighted by Gasteiger charge is -2.33. The molecular formula is C10H18ClNO. The van der Waals surface area contributed by atoms with Crippen LogP contribution in [0.3, 0.4) is 0 Å². The van der Waals surface area contributed by atoms with Crippen molar-refractivity contribution in [3.63, 3.8) is 0 Å². The molecule has 1 saturated carbocycles. The Kier molecular flexibility index (Phi) is 4.04. The molecule has 0 heterocycles. The Bertz CT molecular complexity index is 178. The molecule has 0 aromatic carbocycles. The van der Waals surface area contributed by atoms with Crippen molar-refractivity contribution in [3.8, 4) is 0 Å². The average molecular weight is 204 g/mol. The lowest BCUT2D eigenvalue weighted by molar-refractivity contribution is -0.139. The van der Waals surface area contributed by atoms with Crippen LogP contribution >= 0.6 is 11.6 Å². The predicted molar refractivity (Wildman–Crippen MR) is 54.9 cm³/mol. The standard InChI is InChI=1S/C10H18ClNO/c1-8(2)12(7-6-11)10(13)9-4-3-5-9/h8-9H,3-7H2,1-2H3. The molecule has 1 amide bonds. The Hall–Kier alpha value is -0.240. The highest BCUT2D eigenvalue weighted by molar-refractivity contribution is 6.18. The number of carbonyl (C=O) groups excluding carboxylic acids is 1. The zero-order valence-electron chi connectivity index (χ0n) is 8.42. The van der Waals surface area contributed by atoms with Gasteiger partial charge in [0.15, 0.2) is 0 Å². The monoisotopic (exact) mass is 203 g/mol. The first-order chi connectivity index (χ1) is 6.16. The van der Waals surface area contributed by atoms with E-state index in [1.807, 2.05) is 18.7 Å². The van der Waals surface area contributed by atoms with Crippen LogP contribution in [0.5, 0.6) is 0 Å². The molecular weight excluding hydrogens is 186 g/mol. The molecule has 0 atom stereocenters. The van der Waals surface area contributed by atoms with Gasteiger partial charge in [0.25, 0.3) is 0 Å². The fraction of sp³-hybridized carbons (Fsp3) is 0.900. The quantitative estimate of drug-likeness (QED) is 0.642. The van der Waals surface area contributed by atoms with Crippen LogP contribution in [0, 0.1) is 5.92 Å². The molecule has 0 unspecified atom stereocenters. The minimum Gasteiger partial charge on any atom is -0.339 e. The summed E-state index contributed by atoms with van der Waals surface area (Å²) in [5.41, 5.74) is 0. The van der Waals surface area contributed by atoms with Gasteiger partial charge in [-0.05, 0) is 26.7 Å². The normalized spacial score (nSPS) is 17.2. The molecule has 1 rings (SSSR count). The van der Waals surface area contributed by atoms with Gasteiger partial charge in [-0.25, -0.2) is 0 Å². The fourth-order valence-corrected chi connectivity index (χ4v) is 1.79. The summed E-state index contributed by atoms with van der Waals surface area (Å²) >= 11 is 5.66. The Morgan fingerprint density at radius 1 is 1.54 bits per heavy atom. The van der Waals surface area contributed by atoms with Gasteiger partial charge in [-0.2, -0.15) is 0 Å². The first-order valence-electron chi connectivity index (χ1n) is 5.03. The molecule has 76 valence electrons. The van der Waals surface area contributed by atoms with Crippen molar-refractivity contribution in [3.05, 3.63) is 0 Å². The van der Waals surface area contributed by atoms with E-state index in [4.69, 9.17) is 11.6 Å². The Morgan fingerprint density at radius 3 is 2.46 bits per heavy atom. The lowest BCUT2D eigenvalue weighted by atomic mass is 9.84. The van der Waals surface area contributed by atoms with Gasteiger partial charge in [0.1, 0.15) is 0 Å². The van der Waals surface area contributed by atoms with E-state index in [1.54, 1.807) is 0 Å². The number of nitrogens with zero attached hydrogens (tertiary/aromatic N) is 1. The molecule has 0 N–H and O–H groups in total. The molecule has 0 saturated heterocycles. The molecule has 0 bridgehead atoms. The maximum atomic E-state index is 11.8. The van der Waals surface area contributed by atoms with E-state index in [9.17, 15) is 4.79 Å². The third-order valence-electron chi connectivity index (χ3n) is 2.69. The molecule has 0 aliphatic heterocycles. The topological polar surface area (TPSA) is 20.3 Å². The molecule has 1 aliphatic carbocycles. The number of rotatable bonds is 4. The van der Waals surface area contributed by atoms with Crippen LogP contribution in [0.2, 0.25) is 0 Å². The number of hydrogen-bond donors (Lipinski definition) is 0. The third kappa shape index (κ3) is 2.60. The smallest absolute Gasteiger partial charge is 0.225 e. The van der Waals surface area contributed by atoms with Crippen molar-refractivity contribution in [1.29, 1.82) is 0 Å². The van der Waals surface area contributed by atoms with E-state index in [0.29, 0.717) is 24.2 Å². The van der Waals surface area contributed by atoms with Crippen molar-refractivity contribution in [2.75, 3.05) is 12.4 Å². The van der Waals surface area contributed by atoms with E-state index in [2.05, 4.69) is 0 Å². The van der Waals surface area contributed by atoms with Gasteiger partial charge < -0.3 is 4.90 Å². The number of hydrogen-bond acceptors (Lipinski definition) is 1. The second kappa shape index (κ2) is 4.85. The van der Waals surface area contributed by atoms with E-state index in [-0.39, 0.29) is 6.04 Å².